The van der Waals surface area contributed by atoms with Gasteiger partial charge in [0.15, 0.2) is 0 Å². The molecule has 4 nitrogen and oxygen atoms in total. The molecule has 0 saturated carbocycles. The number of nitrogens with zero attached hydrogens (tertiary/aromatic N) is 3. The maximum absolute atomic E-state index is 12.5. The third kappa shape index (κ3) is 4.34. The summed E-state index contributed by atoms with van der Waals surface area (Å²) in [5, 5.41) is 0. The summed E-state index contributed by atoms with van der Waals surface area (Å²) in [5.74, 6) is -0.0226. The van der Waals surface area contributed by atoms with Crippen LogP contribution in [0, 0.1) is 6.92 Å². The topological polar surface area (TPSA) is 36.4 Å². The molecule has 0 fully saturated rings. The van der Waals surface area contributed by atoms with Gasteiger partial charge in [-0.05, 0) is 50.1 Å². The Morgan fingerprint density at radius 2 is 1.88 bits per heavy atom. The Labute approximate surface area is 145 Å². The zero-order valence-electron chi connectivity index (χ0n) is 15.1. The summed E-state index contributed by atoms with van der Waals surface area (Å²) in [6, 6.07) is 12.2. The standard InChI is InChI=1S/C20H27N3O/c1-5-7-13-22(4)20(24)19-15-18(11-12-21-19)23(6-2)17-10-8-9-16(3)14-17/h8-12,14-15H,5-7,13H2,1-4H3. The molecule has 0 aliphatic rings. The summed E-state index contributed by atoms with van der Waals surface area (Å²) in [7, 11) is 1.84. The molecule has 4 heteroatoms. The molecule has 24 heavy (non-hydrogen) atoms. The van der Waals surface area contributed by atoms with Crippen LogP contribution < -0.4 is 4.90 Å². The van der Waals surface area contributed by atoms with E-state index in [0.717, 1.165) is 37.3 Å². The van der Waals surface area contributed by atoms with E-state index in [2.05, 4.69) is 54.9 Å². The molecule has 0 bridgehead atoms. The molecule has 0 unspecified atom stereocenters. The van der Waals surface area contributed by atoms with Crippen LogP contribution in [0.15, 0.2) is 42.6 Å². The number of pyridine rings is 1. The predicted molar refractivity (Wildman–Crippen MR) is 100.0 cm³/mol. The summed E-state index contributed by atoms with van der Waals surface area (Å²) in [5.41, 5.74) is 3.83. The highest BCUT2D eigenvalue weighted by Gasteiger charge is 2.15. The highest BCUT2D eigenvalue weighted by Crippen LogP contribution is 2.26. The molecule has 0 aliphatic carbocycles. The van der Waals surface area contributed by atoms with Crippen molar-refractivity contribution in [2.75, 3.05) is 25.0 Å². The number of benzene rings is 1. The lowest BCUT2D eigenvalue weighted by Gasteiger charge is -2.24. The number of carbonyl (C=O) groups is 1. The molecule has 2 aromatic rings. The average Bonchev–Trinajstić information content (AvgIpc) is 2.60. The third-order valence-electron chi connectivity index (χ3n) is 4.10. The number of rotatable bonds is 7. The van der Waals surface area contributed by atoms with Gasteiger partial charge in [-0.15, -0.1) is 0 Å². The zero-order chi connectivity index (χ0) is 17.5. The average molecular weight is 325 g/mol. The van der Waals surface area contributed by atoms with Crippen LogP contribution in [0.2, 0.25) is 0 Å². The number of anilines is 2. The number of unbranched alkanes of at least 4 members (excludes halogenated alkanes) is 1. The fraction of sp³-hybridized carbons (Fsp3) is 0.400. The van der Waals surface area contributed by atoms with Gasteiger partial charge in [-0.2, -0.15) is 0 Å². The van der Waals surface area contributed by atoms with Crippen LogP contribution in [0.25, 0.3) is 0 Å². The fourth-order valence-electron chi connectivity index (χ4n) is 2.71. The molecule has 0 atom stereocenters. The Morgan fingerprint density at radius 1 is 1.12 bits per heavy atom. The van der Waals surface area contributed by atoms with Crippen molar-refractivity contribution in [1.29, 1.82) is 0 Å². The first-order chi connectivity index (χ1) is 11.6. The van der Waals surface area contributed by atoms with Crippen LogP contribution in [0.1, 0.15) is 42.7 Å². The van der Waals surface area contributed by atoms with Gasteiger partial charge < -0.3 is 9.80 Å². The van der Waals surface area contributed by atoms with E-state index in [1.54, 1.807) is 11.1 Å². The summed E-state index contributed by atoms with van der Waals surface area (Å²) >= 11 is 0. The number of aromatic nitrogens is 1. The Morgan fingerprint density at radius 3 is 2.54 bits per heavy atom. The molecule has 0 spiro atoms. The summed E-state index contributed by atoms with van der Waals surface area (Å²) < 4.78 is 0. The zero-order valence-corrected chi connectivity index (χ0v) is 15.1. The van der Waals surface area contributed by atoms with E-state index in [0.29, 0.717) is 5.69 Å². The van der Waals surface area contributed by atoms with Gasteiger partial charge in [0.1, 0.15) is 5.69 Å². The van der Waals surface area contributed by atoms with Crippen molar-refractivity contribution in [3.8, 4) is 0 Å². The van der Waals surface area contributed by atoms with Gasteiger partial charge in [0.05, 0.1) is 0 Å². The van der Waals surface area contributed by atoms with E-state index >= 15 is 0 Å². The molecule has 0 aliphatic heterocycles. The monoisotopic (exact) mass is 325 g/mol. The quantitative estimate of drug-likeness (QED) is 0.756. The van der Waals surface area contributed by atoms with Crippen molar-refractivity contribution in [3.63, 3.8) is 0 Å². The van der Waals surface area contributed by atoms with Gasteiger partial charge in [0.25, 0.3) is 5.91 Å². The summed E-state index contributed by atoms with van der Waals surface area (Å²) in [4.78, 5) is 20.8. The Kier molecular flexibility index (Phi) is 6.36. The fourth-order valence-corrected chi connectivity index (χ4v) is 2.71. The lowest BCUT2D eigenvalue weighted by atomic mass is 10.2. The van der Waals surface area contributed by atoms with Gasteiger partial charge >= 0.3 is 0 Å². The first kappa shape index (κ1) is 18.0. The van der Waals surface area contributed by atoms with Crippen LogP contribution in [-0.4, -0.2) is 35.9 Å². The second kappa shape index (κ2) is 8.48. The Balaban J connectivity index is 2.26. The van der Waals surface area contributed by atoms with E-state index in [-0.39, 0.29) is 5.91 Å². The molecule has 1 amide bonds. The molecule has 1 heterocycles. The van der Waals surface area contributed by atoms with Crippen LogP contribution in [-0.2, 0) is 0 Å². The highest BCUT2D eigenvalue weighted by atomic mass is 16.2. The molecule has 0 radical (unpaired) electrons. The molecule has 1 aromatic carbocycles. The van der Waals surface area contributed by atoms with Crippen LogP contribution in [0.5, 0.6) is 0 Å². The van der Waals surface area contributed by atoms with Crippen molar-refractivity contribution >= 4 is 17.3 Å². The Hall–Kier alpha value is -2.36. The number of hydrogen-bond donors (Lipinski definition) is 0. The number of carbonyl (C=O) groups excluding carboxylic acids is 1. The van der Waals surface area contributed by atoms with Crippen molar-refractivity contribution in [2.24, 2.45) is 0 Å². The normalized spacial score (nSPS) is 10.5. The first-order valence-corrected chi connectivity index (χ1v) is 8.62. The molecule has 1 aromatic heterocycles. The molecule has 128 valence electrons. The van der Waals surface area contributed by atoms with E-state index in [1.165, 1.54) is 5.56 Å². The van der Waals surface area contributed by atoms with Crippen molar-refractivity contribution in [2.45, 2.75) is 33.6 Å². The van der Waals surface area contributed by atoms with E-state index in [4.69, 9.17) is 0 Å². The largest absolute Gasteiger partial charge is 0.342 e. The minimum absolute atomic E-state index is 0.0226. The number of amides is 1. The van der Waals surface area contributed by atoms with Crippen LogP contribution in [0.3, 0.4) is 0 Å². The second-order valence-corrected chi connectivity index (χ2v) is 6.06. The van der Waals surface area contributed by atoms with Crippen LogP contribution in [0.4, 0.5) is 11.4 Å². The van der Waals surface area contributed by atoms with Gasteiger partial charge in [-0.3, -0.25) is 9.78 Å². The van der Waals surface area contributed by atoms with E-state index in [9.17, 15) is 4.79 Å². The SMILES string of the molecule is CCCCN(C)C(=O)c1cc(N(CC)c2cccc(C)c2)ccn1. The van der Waals surface area contributed by atoms with Gasteiger partial charge in [0.2, 0.25) is 0 Å². The Bertz CT molecular complexity index is 684. The van der Waals surface area contributed by atoms with Crippen LogP contribution >= 0.6 is 0 Å². The summed E-state index contributed by atoms with van der Waals surface area (Å²) in [6.07, 6.45) is 3.79. The smallest absolute Gasteiger partial charge is 0.272 e. The molecule has 0 saturated heterocycles. The van der Waals surface area contributed by atoms with Gasteiger partial charge in [0, 0.05) is 37.7 Å². The van der Waals surface area contributed by atoms with Gasteiger partial charge in [-0.1, -0.05) is 25.5 Å². The maximum atomic E-state index is 12.5. The van der Waals surface area contributed by atoms with Gasteiger partial charge in [-0.25, -0.2) is 0 Å². The van der Waals surface area contributed by atoms with Crippen molar-refractivity contribution in [1.82, 2.24) is 9.88 Å². The molecular weight excluding hydrogens is 298 g/mol. The number of hydrogen-bond acceptors (Lipinski definition) is 3. The van der Waals surface area contributed by atoms with E-state index in [1.807, 2.05) is 19.2 Å². The molecule has 2 rings (SSSR count). The lowest BCUT2D eigenvalue weighted by Crippen LogP contribution is -2.28. The first-order valence-electron chi connectivity index (χ1n) is 8.62. The van der Waals surface area contributed by atoms with Crippen molar-refractivity contribution < 1.29 is 4.79 Å². The minimum atomic E-state index is -0.0226. The molecular formula is C20H27N3O. The molecule has 0 N–H and O–H groups in total. The minimum Gasteiger partial charge on any atom is -0.342 e. The van der Waals surface area contributed by atoms with Crippen molar-refractivity contribution in [3.05, 3.63) is 53.9 Å². The third-order valence-corrected chi connectivity index (χ3v) is 4.10. The number of aryl methyl sites for hydroxylation is 1. The van der Waals surface area contributed by atoms with E-state index < -0.39 is 0 Å². The maximum Gasteiger partial charge on any atom is 0.272 e. The summed E-state index contributed by atoms with van der Waals surface area (Å²) in [6.45, 7) is 7.90. The lowest BCUT2D eigenvalue weighted by molar-refractivity contribution is 0.0787. The highest BCUT2D eigenvalue weighted by molar-refractivity contribution is 5.93. The second-order valence-electron chi connectivity index (χ2n) is 6.06. The predicted octanol–water partition coefficient (Wildman–Crippen LogP) is 4.42.